The Morgan fingerprint density at radius 2 is 2.18 bits per heavy atom. The lowest BCUT2D eigenvalue weighted by Gasteiger charge is -2.07. The number of nitrogens with zero attached hydrogens (tertiary/aromatic N) is 1. The van der Waals surface area contributed by atoms with Gasteiger partial charge in [0.25, 0.3) is 0 Å². The number of fused-ring (bicyclic) bond motifs is 1. The second kappa shape index (κ2) is 5.65. The van der Waals surface area contributed by atoms with Crippen LogP contribution in [0, 0.1) is 0 Å². The van der Waals surface area contributed by atoms with Gasteiger partial charge in [-0.2, -0.15) is 0 Å². The molecule has 1 aromatic carbocycles. The highest BCUT2D eigenvalue weighted by Gasteiger charge is 2.13. The molecule has 0 amide bonds. The summed E-state index contributed by atoms with van der Waals surface area (Å²) in [7, 11) is 0. The molecule has 0 fully saturated rings. The first-order chi connectivity index (χ1) is 8.26. The quantitative estimate of drug-likeness (QED) is 0.487. The molecule has 17 heavy (non-hydrogen) atoms. The van der Waals surface area contributed by atoms with E-state index in [0.717, 1.165) is 21.6 Å². The molecule has 0 saturated heterocycles. The molecule has 0 spiro atoms. The van der Waals surface area contributed by atoms with E-state index in [1.165, 1.54) is 0 Å². The fourth-order valence-electron chi connectivity index (χ4n) is 1.63. The first kappa shape index (κ1) is 12.6. The van der Waals surface area contributed by atoms with Gasteiger partial charge in [-0.05, 0) is 17.9 Å². The molecule has 0 unspecified atom stereocenters. The van der Waals surface area contributed by atoms with Gasteiger partial charge in [0.2, 0.25) is 0 Å². The van der Waals surface area contributed by atoms with Crippen LogP contribution in [0.2, 0.25) is 0 Å². The van der Waals surface area contributed by atoms with Crippen LogP contribution in [0.1, 0.15) is 17.4 Å². The van der Waals surface area contributed by atoms with Crippen molar-refractivity contribution in [2.75, 3.05) is 11.1 Å². The maximum absolute atomic E-state index is 11.8. The van der Waals surface area contributed by atoms with E-state index in [1.807, 2.05) is 30.3 Å². The summed E-state index contributed by atoms with van der Waals surface area (Å²) < 4.78 is 0. The van der Waals surface area contributed by atoms with Crippen molar-refractivity contribution in [3.8, 4) is 0 Å². The van der Waals surface area contributed by atoms with Crippen molar-refractivity contribution in [2.45, 2.75) is 11.8 Å². The molecule has 0 aliphatic heterocycles. The van der Waals surface area contributed by atoms with E-state index >= 15 is 0 Å². The lowest BCUT2D eigenvalue weighted by atomic mass is 10.2. The van der Waals surface area contributed by atoms with Gasteiger partial charge >= 0.3 is 0 Å². The number of ketones is 1. The SMILES string of the molecule is CCSc1cc2ccccc2nc1C(=O)CBr. The van der Waals surface area contributed by atoms with E-state index in [-0.39, 0.29) is 5.78 Å². The molecule has 0 saturated carbocycles. The number of Topliss-reactive ketones (excluding diaryl/α,β-unsaturated/α-hetero) is 1. The van der Waals surface area contributed by atoms with Gasteiger partial charge in [-0.25, -0.2) is 4.98 Å². The standard InChI is InChI=1S/C13H12BrNOS/c1-2-17-12-7-9-5-3-4-6-10(9)15-13(12)11(16)8-14/h3-7H,2,8H2,1H3. The second-order valence-electron chi connectivity index (χ2n) is 3.52. The summed E-state index contributed by atoms with van der Waals surface area (Å²) in [5, 5.41) is 1.39. The Balaban J connectivity index is 2.61. The number of para-hydroxylation sites is 1. The van der Waals surface area contributed by atoms with Gasteiger partial charge in [0.05, 0.1) is 10.8 Å². The molecule has 2 aromatic rings. The van der Waals surface area contributed by atoms with E-state index in [9.17, 15) is 4.79 Å². The molecule has 0 N–H and O–H groups in total. The van der Waals surface area contributed by atoms with E-state index in [0.29, 0.717) is 11.0 Å². The summed E-state index contributed by atoms with van der Waals surface area (Å²) in [5.41, 5.74) is 1.45. The van der Waals surface area contributed by atoms with Gasteiger partial charge in [-0.15, -0.1) is 11.8 Å². The minimum Gasteiger partial charge on any atom is -0.291 e. The number of aromatic nitrogens is 1. The van der Waals surface area contributed by atoms with Crippen LogP contribution in [0.15, 0.2) is 35.2 Å². The van der Waals surface area contributed by atoms with Gasteiger partial charge in [-0.3, -0.25) is 4.79 Å². The molecule has 0 bridgehead atoms. The number of carbonyl (C=O) groups excluding carboxylic acids is 1. The third-order valence-electron chi connectivity index (χ3n) is 2.37. The Labute approximate surface area is 113 Å². The van der Waals surface area contributed by atoms with Gasteiger partial charge in [0.1, 0.15) is 5.69 Å². The summed E-state index contributed by atoms with van der Waals surface area (Å²) in [6, 6.07) is 9.92. The number of hydrogen-bond donors (Lipinski definition) is 0. The fraction of sp³-hybridized carbons (Fsp3) is 0.231. The van der Waals surface area contributed by atoms with Crippen molar-refractivity contribution in [3.05, 3.63) is 36.0 Å². The predicted molar refractivity (Wildman–Crippen MR) is 76.3 cm³/mol. The maximum atomic E-state index is 11.8. The van der Waals surface area contributed by atoms with E-state index in [4.69, 9.17) is 0 Å². The summed E-state index contributed by atoms with van der Waals surface area (Å²) in [4.78, 5) is 17.3. The highest BCUT2D eigenvalue weighted by atomic mass is 79.9. The molecule has 0 aliphatic rings. The van der Waals surface area contributed by atoms with Crippen molar-refractivity contribution in [1.82, 2.24) is 4.98 Å². The number of rotatable bonds is 4. The minimum absolute atomic E-state index is 0.0340. The first-order valence-corrected chi connectivity index (χ1v) is 7.48. The molecule has 1 aromatic heterocycles. The van der Waals surface area contributed by atoms with Crippen LogP contribution >= 0.6 is 27.7 Å². The number of thioether (sulfide) groups is 1. The number of carbonyl (C=O) groups is 1. The Bertz CT molecular complexity index is 556. The molecule has 4 heteroatoms. The molecule has 2 rings (SSSR count). The molecule has 2 nitrogen and oxygen atoms in total. The van der Waals surface area contributed by atoms with Crippen LogP contribution in [-0.4, -0.2) is 21.9 Å². The zero-order valence-corrected chi connectivity index (χ0v) is 11.8. The molecule has 88 valence electrons. The Hall–Kier alpha value is -0.870. The van der Waals surface area contributed by atoms with E-state index < -0.39 is 0 Å². The van der Waals surface area contributed by atoms with Crippen molar-refractivity contribution < 1.29 is 4.79 Å². The molecule has 0 aliphatic carbocycles. The summed E-state index contributed by atoms with van der Waals surface area (Å²) in [5.74, 6) is 0.967. The smallest absolute Gasteiger partial charge is 0.192 e. The summed E-state index contributed by atoms with van der Waals surface area (Å²) >= 11 is 4.86. The molecule has 0 radical (unpaired) electrons. The number of alkyl halides is 1. The lowest BCUT2D eigenvalue weighted by molar-refractivity contribution is 0.101. The third-order valence-corrected chi connectivity index (χ3v) is 3.79. The van der Waals surface area contributed by atoms with Crippen LogP contribution in [-0.2, 0) is 0 Å². The molecular weight excluding hydrogens is 298 g/mol. The van der Waals surface area contributed by atoms with Crippen molar-refractivity contribution in [1.29, 1.82) is 0 Å². The highest BCUT2D eigenvalue weighted by Crippen LogP contribution is 2.26. The van der Waals surface area contributed by atoms with Crippen LogP contribution in [0.25, 0.3) is 10.9 Å². The fourth-order valence-corrected chi connectivity index (χ4v) is 2.71. The van der Waals surface area contributed by atoms with E-state index in [1.54, 1.807) is 11.8 Å². The molecular formula is C13H12BrNOS. The van der Waals surface area contributed by atoms with Crippen molar-refractivity contribution in [2.24, 2.45) is 0 Å². The third kappa shape index (κ3) is 2.69. The molecule has 0 atom stereocenters. The predicted octanol–water partition coefficient (Wildman–Crippen LogP) is 3.92. The van der Waals surface area contributed by atoms with Gasteiger partial charge in [-0.1, -0.05) is 41.1 Å². The number of pyridine rings is 1. The van der Waals surface area contributed by atoms with Crippen LogP contribution in [0.3, 0.4) is 0 Å². The van der Waals surface area contributed by atoms with Gasteiger partial charge in [0, 0.05) is 10.3 Å². The second-order valence-corrected chi connectivity index (χ2v) is 5.38. The normalized spacial score (nSPS) is 10.7. The highest BCUT2D eigenvalue weighted by molar-refractivity contribution is 9.09. The average Bonchev–Trinajstić information content (AvgIpc) is 2.37. The largest absolute Gasteiger partial charge is 0.291 e. The monoisotopic (exact) mass is 309 g/mol. The minimum atomic E-state index is 0.0340. The van der Waals surface area contributed by atoms with Gasteiger partial charge < -0.3 is 0 Å². The summed E-state index contributed by atoms with van der Waals surface area (Å²) in [6.45, 7) is 2.07. The zero-order chi connectivity index (χ0) is 12.3. The van der Waals surface area contributed by atoms with Crippen LogP contribution < -0.4 is 0 Å². The number of hydrogen-bond acceptors (Lipinski definition) is 3. The number of halogens is 1. The Kier molecular flexibility index (Phi) is 4.18. The number of benzene rings is 1. The average molecular weight is 310 g/mol. The Morgan fingerprint density at radius 1 is 1.41 bits per heavy atom. The van der Waals surface area contributed by atoms with Crippen LogP contribution in [0.5, 0.6) is 0 Å². The zero-order valence-electron chi connectivity index (χ0n) is 9.44. The topological polar surface area (TPSA) is 30.0 Å². The first-order valence-electron chi connectivity index (χ1n) is 5.38. The van der Waals surface area contributed by atoms with Gasteiger partial charge in [0.15, 0.2) is 5.78 Å². The van der Waals surface area contributed by atoms with Crippen molar-refractivity contribution in [3.63, 3.8) is 0 Å². The van der Waals surface area contributed by atoms with E-state index in [2.05, 4.69) is 27.8 Å². The lowest BCUT2D eigenvalue weighted by Crippen LogP contribution is -2.05. The van der Waals surface area contributed by atoms with Crippen molar-refractivity contribution >= 4 is 44.4 Å². The van der Waals surface area contributed by atoms with Crippen LogP contribution in [0.4, 0.5) is 0 Å². The Morgan fingerprint density at radius 3 is 2.88 bits per heavy atom. The summed E-state index contributed by atoms with van der Waals surface area (Å²) in [6.07, 6.45) is 0. The molecule has 1 heterocycles. The maximum Gasteiger partial charge on any atom is 0.192 e.